The van der Waals surface area contributed by atoms with Gasteiger partial charge in [0.05, 0.1) is 0 Å². The number of benzene rings is 1. The van der Waals surface area contributed by atoms with Crippen LogP contribution < -0.4 is 5.32 Å². The molecule has 98 valence electrons. The van der Waals surface area contributed by atoms with Crippen LogP contribution in [0.1, 0.15) is 62.0 Å². The van der Waals surface area contributed by atoms with Gasteiger partial charge in [0.15, 0.2) is 0 Å². The monoisotopic (exact) mass is 243 g/mol. The van der Waals surface area contributed by atoms with E-state index in [1.54, 1.807) is 11.1 Å². The van der Waals surface area contributed by atoms with Gasteiger partial charge >= 0.3 is 0 Å². The maximum atomic E-state index is 3.55. The normalized spacial score (nSPS) is 28.9. The first kappa shape index (κ1) is 12.2. The lowest BCUT2D eigenvalue weighted by Gasteiger charge is -2.33. The lowest BCUT2D eigenvalue weighted by molar-refractivity contribution is 0.317. The third-order valence-corrected chi connectivity index (χ3v) is 5.05. The van der Waals surface area contributed by atoms with Crippen molar-refractivity contribution in [1.82, 2.24) is 5.32 Å². The Labute approximate surface area is 111 Å². The molecule has 2 aliphatic rings. The number of hydrogen-bond acceptors (Lipinski definition) is 1. The predicted octanol–water partition coefficient (Wildman–Crippen LogP) is 4.06. The van der Waals surface area contributed by atoms with Crippen molar-refractivity contribution < 1.29 is 0 Å². The van der Waals surface area contributed by atoms with E-state index in [0.29, 0.717) is 0 Å². The van der Waals surface area contributed by atoms with Crippen LogP contribution in [0, 0.1) is 5.92 Å². The highest BCUT2D eigenvalue weighted by Gasteiger charge is 2.26. The van der Waals surface area contributed by atoms with Gasteiger partial charge in [0.2, 0.25) is 0 Å². The van der Waals surface area contributed by atoms with Gasteiger partial charge in [0.25, 0.3) is 0 Å². The van der Waals surface area contributed by atoms with E-state index in [9.17, 15) is 0 Å². The highest BCUT2D eigenvalue weighted by atomic mass is 14.9. The van der Waals surface area contributed by atoms with Crippen molar-refractivity contribution in [3.63, 3.8) is 0 Å². The van der Waals surface area contributed by atoms with Crippen molar-refractivity contribution in [2.45, 2.75) is 50.9 Å². The molecule has 0 aromatic heterocycles. The number of rotatable bonds is 3. The molecule has 1 aromatic carbocycles. The predicted molar refractivity (Wildman–Crippen MR) is 77.0 cm³/mol. The van der Waals surface area contributed by atoms with Crippen LogP contribution in [0.25, 0.3) is 0 Å². The van der Waals surface area contributed by atoms with E-state index in [2.05, 4.69) is 36.5 Å². The van der Waals surface area contributed by atoms with Crippen LogP contribution in [0.5, 0.6) is 0 Å². The number of piperidine rings is 1. The van der Waals surface area contributed by atoms with E-state index >= 15 is 0 Å². The largest absolute Gasteiger partial charge is 0.316 e. The first-order chi connectivity index (χ1) is 8.88. The zero-order valence-corrected chi connectivity index (χ0v) is 11.5. The Morgan fingerprint density at radius 3 is 2.72 bits per heavy atom. The molecule has 18 heavy (non-hydrogen) atoms. The van der Waals surface area contributed by atoms with E-state index in [1.165, 1.54) is 45.2 Å². The molecule has 1 nitrogen and oxygen atoms in total. The van der Waals surface area contributed by atoms with Crippen LogP contribution in [0.15, 0.2) is 24.3 Å². The number of hydrogen-bond donors (Lipinski definition) is 1. The topological polar surface area (TPSA) is 12.0 Å². The van der Waals surface area contributed by atoms with Crippen molar-refractivity contribution >= 4 is 0 Å². The van der Waals surface area contributed by atoms with E-state index in [0.717, 1.165) is 17.8 Å². The fraction of sp³-hybridized carbons (Fsp3) is 0.647. The van der Waals surface area contributed by atoms with Crippen molar-refractivity contribution in [2.75, 3.05) is 13.1 Å². The molecule has 2 unspecified atom stereocenters. The summed E-state index contributed by atoms with van der Waals surface area (Å²) in [4.78, 5) is 0. The molecule has 0 amide bonds. The molecule has 1 aliphatic carbocycles. The molecular formula is C17H25N. The smallest absolute Gasteiger partial charge is 0.00148 e. The van der Waals surface area contributed by atoms with Gasteiger partial charge in [-0.3, -0.25) is 0 Å². The van der Waals surface area contributed by atoms with E-state index in [4.69, 9.17) is 0 Å². The first-order valence-electron chi connectivity index (χ1n) is 7.69. The summed E-state index contributed by atoms with van der Waals surface area (Å²) in [6.07, 6.45) is 6.86. The fourth-order valence-corrected chi connectivity index (χ4v) is 3.58. The Balaban J connectivity index is 1.81. The molecule has 0 bridgehead atoms. The van der Waals surface area contributed by atoms with Crippen LogP contribution >= 0.6 is 0 Å². The van der Waals surface area contributed by atoms with Gasteiger partial charge in [-0.15, -0.1) is 0 Å². The molecule has 1 aliphatic heterocycles. The Bertz CT molecular complexity index is 394. The van der Waals surface area contributed by atoms with Gasteiger partial charge in [-0.1, -0.05) is 44.0 Å². The van der Waals surface area contributed by atoms with E-state index in [1.807, 2.05) is 0 Å². The Morgan fingerprint density at radius 2 is 2.00 bits per heavy atom. The molecule has 1 heteroatoms. The summed E-state index contributed by atoms with van der Waals surface area (Å²) >= 11 is 0. The SMILES string of the molecule is CCC1CNCCC1c1cccc(C2CCC2)c1. The molecule has 1 aromatic rings. The summed E-state index contributed by atoms with van der Waals surface area (Å²) < 4.78 is 0. The third-order valence-electron chi connectivity index (χ3n) is 5.05. The van der Waals surface area contributed by atoms with Crippen LogP contribution in [0.4, 0.5) is 0 Å². The Morgan fingerprint density at radius 1 is 1.17 bits per heavy atom. The molecule has 1 heterocycles. The maximum Gasteiger partial charge on any atom is -0.00148 e. The van der Waals surface area contributed by atoms with Gasteiger partial charge in [-0.2, -0.15) is 0 Å². The summed E-state index contributed by atoms with van der Waals surface area (Å²) in [5.74, 6) is 2.48. The van der Waals surface area contributed by atoms with Crippen molar-refractivity contribution in [3.8, 4) is 0 Å². The van der Waals surface area contributed by atoms with Gasteiger partial charge in [0.1, 0.15) is 0 Å². The Kier molecular flexibility index (Phi) is 3.69. The van der Waals surface area contributed by atoms with E-state index < -0.39 is 0 Å². The summed E-state index contributed by atoms with van der Waals surface area (Å²) in [5, 5.41) is 3.55. The Hall–Kier alpha value is -0.820. The minimum atomic E-state index is 0.788. The lowest BCUT2D eigenvalue weighted by Crippen LogP contribution is -2.35. The molecule has 0 spiro atoms. The van der Waals surface area contributed by atoms with Crippen molar-refractivity contribution in [3.05, 3.63) is 35.4 Å². The van der Waals surface area contributed by atoms with Crippen LogP contribution in [-0.4, -0.2) is 13.1 Å². The summed E-state index contributed by atoms with van der Waals surface area (Å²) in [5.41, 5.74) is 3.21. The zero-order chi connectivity index (χ0) is 12.4. The quantitative estimate of drug-likeness (QED) is 0.844. The molecule has 3 rings (SSSR count). The summed E-state index contributed by atoms with van der Waals surface area (Å²) in [7, 11) is 0. The van der Waals surface area contributed by atoms with Crippen molar-refractivity contribution in [2.24, 2.45) is 5.92 Å². The minimum absolute atomic E-state index is 0.788. The molecule has 0 radical (unpaired) electrons. The summed E-state index contributed by atoms with van der Waals surface area (Å²) in [6, 6.07) is 9.51. The second-order valence-electron chi connectivity index (χ2n) is 6.07. The fourth-order valence-electron chi connectivity index (χ4n) is 3.58. The average Bonchev–Trinajstić information content (AvgIpc) is 2.37. The van der Waals surface area contributed by atoms with Gasteiger partial charge in [0, 0.05) is 0 Å². The number of nitrogens with one attached hydrogen (secondary N) is 1. The second-order valence-corrected chi connectivity index (χ2v) is 6.07. The lowest BCUT2D eigenvalue weighted by atomic mass is 9.76. The minimum Gasteiger partial charge on any atom is -0.316 e. The van der Waals surface area contributed by atoms with E-state index in [-0.39, 0.29) is 0 Å². The average molecular weight is 243 g/mol. The molecule has 2 fully saturated rings. The molecule has 1 saturated carbocycles. The second kappa shape index (κ2) is 5.44. The van der Waals surface area contributed by atoms with Crippen LogP contribution in [0.2, 0.25) is 0 Å². The van der Waals surface area contributed by atoms with Crippen molar-refractivity contribution in [1.29, 1.82) is 0 Å². The molecule has 1 saturated heterocycles. The zero-order valence-electron chi connectivity index (χ0n) is 11.5. The standard InChI is InChI=1S/C17H25N/c1-2-13-12-18-10-9-17(13)16-8-4-7-15(11-16)14-5-3-6-14/h4,7-8,11,13-14,17-18H,2-3,5-6,9-10,12H2,1H3. The molecule has 2 atom stereocenters. The van der Waals surface area contributed by atoms with Crippen LogP contribution in [-0.2, 0) is 0 Å². The highest BCUT2D eigenvalue weighted by Crippen LogP contribution is 2.39. The molecular weight excluding hydrogens is 218 g/mol. The summed E-state index contributed by atoms with van der Waals surface area (Å²) in [6.45, 7) is 4.73. The van der Waals surface area contributed by atoms with Gasteiger partial charge in [-0.25, -0.2) is 0 Å². The van der Waals surface area contributed by atoms with Gasteiger partial charge < -0.3 is 5.32 Å². The van der Waals surface area contributed by atoms with Gasteiger partial charge in [-0.05, 0) is 61.2 Å². The third kappa shape index (κ3) is 2.33. The maximum absolute atomic E-state index is 3.55. The van der Waals surface area contributed by atoms with Crippen LogP contribution in [0.3, 0.4) is 0 Å². The first-order valence-corrected chi connectivity index (χ1v) is 7.69. The highest BCUT2D eigenvalue weighted by molar-refractivity contribution is 5.30. The molecule has 1 N–H and O–H groups in total.